The maximum absolute atomic E-state index is 10.8. The zero-order valence-corrected chi connectivity index (χ0v) is 11.4. The number of benzene rings is 1. The Morgan fingerprint density at radius 1 is 1.16 bits per heavy atom. The van der Waals surface area contributed by atoms with Gasteiger partial charge in [0.25, 0.3) is 0 Å². The molecule has 19 heavy (non-hydrogen) atoms. The third-order valence-corrected chi connectivity index (χ3v) is 3.23. The number of unbranched alkanes of at least 4 members (excludes halogenated alkanes) is 3. The molecule has 1 rings (SSSR count). The van der Waals surface area contributed by atoms with Crippen LogP contribution in [0, 0.1) is 0 Å². The van der Waals surface area contributed by atoms with Crippen LogP contribution < -0.4 is 5.73 Å². The number of nitrogens with two attached hydrogens (primary N) is 1. The van der Waals surface area contributed by atoms with Gasteiger partial charge in [0.05, 0.1) is 0 Å². The molecule has 2 unspecified atom stereocenters. The second-order valence-electron chi connectivity index (χ2n) is 4.84. The molecule has 0 heterocycles. The summed E-state index contributed by atoms with van der Waals surface area (Å²) in [6.07, 6.45) is 3.04. The van der Waals surface area contributed by atoms with E-state index in [1.807, 2.05) is 12.1 Å². The van der Waals surface area contributed by atoms with Crippen LogP contribution in [0.5, 0.6) is 0 Å². The van der Waals surface area contributed by atoms with Crippen LogP contribution in [0.2, 0.25) is 0 Å². The third-order valence-electron chi connectivity index (χ3n) is 3.23. The van der Waals surface area contributed by atoms with E-state index in [4.69, 9.17) is 5.73 Å². The molecule has 1 aromatic carbocycles. The Labute approximate surface area is 114 Å². The lowest BCUT2D eigenvalue weighted by atomic mass is 10.00. The van der Waals surface area contributed by atoms with E-state index in [-0.39, 0.29) is 0 Å². The summed E-state index contributed by atoms with van der Waals surface area (Å²) in [5.74, 6) is -0.920. The predicted molar refractivity (Wildman–Crippen MR) is 74.4 cm³/mol. The van der Waals surface area contributed by atoms with Crippen LogP contribution in [0.15, 0.2) is 24.3 Å². The average molecular weight is 265 g/mol. The van der Waals surface area contributed by atoms with Crippen molar-refractivity contribution in [2.24, 2.45) is 5.73 Å². The van der Waals surface area contributed by atoms with Crippen LogP contribution >= 0.6 is 0 Å². The van der Waals surface area contributed by atoms with Crippen LogP contribution in [-0.2, 0) is 11.2 Å². The number of rotatable bonds is 8. The van der Waals surface area contributed by atoms with E-state index in [1.165, 1.54) is 24.8 Å². The second-order valence-corrected chi connectivity index (χ2v) is 4.84. The highest BCUT2D eigenvalue weighted by Gasteiger charge is 2.22. The molecule has 0 aliphatic carbocycles. The molecule has 0 radical (unpaired) electrons. The summed E-state index contributed by atoms with van der Waals surface area (Å²) in [6.45, 7) is 2.18. The zero-order valence-electron chi connectivity index (χ0n) is 11.4. The first-order valence-corrected chi connectivity index (χ1v) is 6.80. The maximum Gasteiger partial charge on any atom is 0.249 e. The molecule has 0 aliphatic rings. The first-order chi connectivity index (χ1) is 9.06. The van der Waals surface area contributed by atoms with Gasteiger partial charge < -0.3 is 15.9 Å². The Bertz CT molecular complexity index is 389. The molecular weight excluding hydrogens is 242 g/mol. The highest BCUT2D eigenvalue weighted by molar-refractivity contribution is 5.79. The summed E-state index contributed by atoms with van der Waals surface area (Å²) in [6, 6.07) is 7.29. The van der Waals surface area contributed by atoms with Gasteiger partial charge in [-0.3, -0.25) is 4.79 Å². The Morgan fingerprint density at radius 2 is 1.79 bits per heavy atom. The fraction of sp³-hybridized carbons (Fsp3) is 0.533. The summed E-state index contributed by atoms with van der Waals surface area (Å²) in [7, 11) is 0. The van der Waals surface area contributed by atoms with Crippen molar-refractivity contribution in [2.75, 3.05) is 0 Å². The minimum Gasteiger partial charge on any atom is -0.385 e. The van der Waals surface area contributed by atoms with Crippen molar-refractivity contribution in [3.8, 4) is 0 Å². The predicted octanol–water partition coefficient (Wildman–Crippen LogP) is 1.69. The van der Waals surface area contributed by atoms with Gasteiger partial charge in [-0.1, -0.05) is 50.5 Å². The molecule has 0 saturated carbocycles. The van der Waals surface area contributed by atoms with Gasteiger partial charge in [0, 0.05) is 0 Å². The molecule has 0 aliphatic heterocycles. The number of aliphatic hydroxyl groups excluding tert-OH is 2. The van der Waals surface area contributed by atoms with E-state index in [0.717, 1.165) is 12.8 Å². The summed E-state index contributed by atoms with van der Waals surface area (Å²) in [5.41, 5.74) is 6.65. The molecule has 0 fully saturated rings. The Kier molecular flexibility index (Phi) is 6.53. The highest BCUT2D eigenvalue weighted by Crippen LogP contribution is 2.18. The zero-order chi connectivity index (χ0) is 14.3. The van der Waals surface area contributed by atoms with Crippen molar-refractivity contribution in [1.82, 2.24) is 0 Å². The second kappa shape index (κ2) is 7.92. The maximum atomic E-state index is 10.8. The van der Waals surface area contributed by atoms with E-state index >= 15 is 0 Å². The quantitative estimate of drug-likeness (QED) is 0.625. The lowest BCUT2D eigenvalue weighted by Crippen LogP contribution is -2.33. The number of carbonyl (C=O) groups excluding carboxylic acids is 1. The summed E-state index contributed by atoms with van der Waals surface area (Å²) < 4.78 is 0. The molecule has 0 saturated heterocycles. The molecular formula is C15H23NO3. The molecule has 4 heteroatoms. The number of primary amides is 1. The van der Waals surface area contributed by atoms with Gasteiger partial charge in [-0.25, -0.2) is 0 Å². The molecule has 0 aromatic heterocycles. The van der Waals surface area contributed by atoms with E-state index in [1.54, 1.807) is 12.1 Å². The Balaban J connectivity index is 2.53. The van der Waals surface area contributed by atoms with E-state index in [0.29, 0.717) is 5.56 Å². The number of carbonyl (C=O) groups is 1. The molecule has 4 nitrogen and oxygen atoms in total. The van der Waals surface area contributed by atoms with Crippen molar-refractivity contribution in [3.63, 3.8) is 0 Å². The largest absolute Gasteiger partial charge is 0.385 e. The third kappa shape index (κ3) is 5.01. The van der Waals surface area contributed by atoms with Crippen LogP contribution in [0.1, 0.15) is 49.8 Å². The van der Waals surface area contributed by atoms with Crippen molar-refractivity contribution in [2.45, 2.75) is 51.2 Å². The van der Waals surface area contributed by atoms with Crippen LogP contribution in [0.3, 0.4) is 0 Å². The van der Waals surface area contributed by atoms with Gasteiger partial charge in [-0.05, 0) is 24.0 Å². The molecule has 0 bridgehead atoms. The first-order valence-electron chi connectivity index (χ1n) is 6.80. The number of hydrogen-bond donors (Lipinski definition) is 3. The van der Waals surface area contributed by atoms with Gasteiger partial charge in [0.2, 0.25) is 5.91 Å². The summed E-state index contributed by atoms with van der Waals surface area (Å²) in [5, 5.41) is 19.1. The molecule has 1 aromatic rings. The minimum absolute atomic E-state index is 0.503. The van der Waals surface area contributed by atoms with Gasteiger partial charge in [0.1, 0.15) is 6.10 Å². The Morgan fingerprint density at radius 3 is 2.32 bits per heavy atom. The van der Waals surface area contributed by atoms with Crippen LogP contribution in [0.25, 0.3) is 0 Å². The van der Waals surface area contributed by atoms with Crippen molar-refractivity contribution in [1.29, 1.82) is 0 Å². The number of hydrogen-bond acceptors (Lipinski definition) is 3. The van der Waals surface area contributed by atoms with Gasteiger partial charge in [0.15, 0.2) is 6.10 Å². The van der Waals surface area contributed by atoms with E-state index in [9.17, 15) is 15.0 Å². The number of amides is 1. The lowest BCUT2D eigenvalue weighted by Gasteiger charge is -2.15. The molecule has 2 atom stereocenters. The summed E-state index contributed by atoms with van der Waals surface area (Å²) in [4.78, 5) is 10.8. The van der Waals surface area contributed by atoms with Crippen molar-refractivity contribution in [3.05, 3.63) is 35.4 Å². The van der Waals surface area contributed by atoms with Crippen LogP contribution in [0.4, 0.5) is 0 Å². The number of aliphatic hydroxyl groups is 2. The molecule has 1 amide bonds. The SMILES string of the molecule is CCCCCCc1ccc(C(O)C(O)C(N)=O)cc1. The lowest BCUT2D eigenvalue weighted by molar-refractivity contribution is -0.131. The molecule has 0 spiro atoms. The first kappa shape index (κ1) is 15.7. The van der Waals surface area contributed by atoms with Gasteiger partial charge >= 0.3 is 0 Å². The fourth-order valence-electron chi connectivity index (χ4n) is 1.98. The van der Waals surface area contributed by atoms with Crippen LogP contribution in [-0.4, -0.2) is 22.2 Å². The smallest absolute Gasteiger partial charge is 0.249 e. The van der Waals surface area contributed by atoms with Gasteiger partial charge in [-0.15, -0.1) is 0 Å². The summed E-state index contributed by atoms with van der Waals surface area (Å²) >= 11 is 0. The normalized spacial score (nSPS) is 14.1. The highest BCUT2D eigenvalue weighted by atomic mass is 16.3. The fourth-order valence-corrected chi connectivity index (χ4v) is 1.98. The topological polar surface area (TPSA) is 83.6 Å². The molecule has 106 valence electrons. The standard InChI is InChI=1S/C15H23NO3/c1-2-3-4-5-6-11-7-9-12(10-8-11)13(17)14(18)15(16)19/h7-10,13-14,17-18H,2-6H2,1H3,(H2,16,19). The van der Waals surface area contributed by atoms with Crippen molar-refractivity contribution >= 4 is 5.91 Å². The minimum atomic E-state index is -1.56. The van der Waals surface area contributed by atoms with E-state index < -0.39 is 18.1 Å². The monoisotopic (exact) mass is 265 g/mol. The Hall–Kier alpha value is -1.39. The number of aryl methyl sites for hydroxylation is 1. The van der Waals surface area contributed by atoms with Gasteiger partial charge in [-0.2, -0.15) is 0 Å². The van der Waals surface area contributed by atoms with E-state index in [2.05, 4.69) is 6.92 Å². The average Bonchev–Trinajstić information content (AvgIpc) is 2.42. The molecule has 4 N–H and O–H groups in total. The van der Waals surface area contributed by atoms with Crippen molar-refractivity contribution < 1.29 is 15.0 Å².